The predicted octanol–water partition coefficient (Wildman–Crippen LogP) is 4.65. The quantitative estimate of drug-likeness (QED) is 0.252. The first kappa shape index (κ1) is 19.7. The van der Waals surface area contributed by atoms with Gasteiger partial charge in [0.25, 0.3) is 5.88 Å². The molecule has 0 fully saturated rings. The molecular formula is C22H16ClNO6. The summed E-state index contributed by atoms with van der Waals surface area (Å²) in [6, 6.07) is 15.1. The molecule has 0 aliphatic heterocycles. The molecule has 0 spiro atoms. The van der Waals surface area contributed by atoms with Crippen molar-refractivity contribution in [3.05, 3.63) is 75.8 Å². The monoisotopic (exact) mass is 425 g/mol. The number of halogens is 1. The first-order valence-electron chi connectivity index (χ1n) is 9.06. The summed E-state index contributed by atoms with van der Waals surface area (Å²) in [6.45, 7) is 0. The normalized spacial score (nSPS) is 10.9. The third-order valence-electron chi connectivity index (χ3n) is 4.42. The zero-order valence-corrected chi connectivity index (χ0v) is 16.6. The minimum absolute atomic E-state index is 0.0931. The van der Waals surface area contributed by atoms with Crippen molar-refractivity contribution < 1.29 is 23.2 Å². The zero-order chi connectivity index (χ0) is 21.1. The van der Waals surface area contributed by atoms with Crippen molar-refractivity contribution >= 4 is 28.5 Å². The highest BCUT2D eigenvalue weighted by Crippen LogP contribution is 2.25. The lowest BCUT2D eigenvalue weighted by molar-refractivity contribution is -0.134. The van der Waals surface area contributed by atoms with Crippen LogP contribution in [0.4, 0.5) is 0 Å². The van der Waals surface area contributed by atoms with Crippen LogP contribution in [-0.4, -0.2) is 18.2 Å². The van der Waals surface area contributed by atoms with Crippen molar-refractivity contribution in [3.63, 3.8) is 0 Å². The smallest absolute Gasteiger partial charge is 0.344 e. The summed E-state index contributed by atoms with van der Waals surface area (Å²) in [6.07, 6.45) is 0.415. The van der Waals surface area contributed by atoms with E-state index >= 15 is 0 Å². The average Bonchev–Trinajstić information content (AvgIpc) is 3.21. The summed E-state index contributed by atoms with van der Waals surface area (Å²) in [5, 5.41) is 4.96. The van der Waals surface area contributed by atoms with E-state index in [4.69, 9.17) is 30.0 Å². The first-order chi connectivity index (χ1) is 14.5. The van der Waals surface area contributed by atoms with Gasteiger partial charge in [0.2, 0.25) is 0 Å². The Kier molecular flexibility index (Phi) is 5.54. The van der Waals surface area contributed by atoms with Crippen LogP contribution in [0.3, 0.4) is 0 Å². The Hall–Kier alpha value is -3.58. The molecule has 0 saturated carbocycles. The van der Waals surface area contributed by atoms with E-state index in [2.05, 4.69) is 5.16 Å². The largest absolute Gasteiger partial charge is 0.479 e. The van der Waals surface area contributed by atoms with Gasteiger partial charge in [0.05, 0.1) is 19.1 Å². The lowest BCUT2D eigenvalue weighted by atomic mass is 10.1. The van der Waals surface area contributed by atoms with Gasteiger partial charge in [0, 0.05) is 29.0 Å². The number of esters is 1. The van der Waals surface area contributed by atoms with Crippen molar-refractivity contribution in [1.82, 2.24) is 5.16 Å². The zero-order valence-electron chi connectivity index (χ0n) is 15.9. The van der Waals surface area contributed by atoms with E-state index in [1.165, 1.54) is 13.2 Å². The van der Waals surface area contributed by atoms with Gasteiger partial charge >= 0.3 is 11.6 Å². The predicted molar refractivity (Wildman–Crippen MR) is 110 cm³/mol. The molecule has 30 heavy (non-hydrogen) atoms. The standard InChI is InChI=1S/C22H16ClNO6/c1-27-20-12-17(30-24-20)8-9-21(25)28-16-7-4-14-10-18(22(26)29-19(14)11-16)13-2-5-15(23)6-3-13/h2-7,10-12H,8-9H2,1H3. The van der Waals surface area contributed by atoms with E-state index in [0.717, 1.165) is 0 Å². The van der Waals surface area contributed by atoms with Gasteiger partial charge in [0.1, 0.15) is 17.1 Å². The van der Waals surface area contributed by atoms with Gasteiger partial charge in [-0.2, -0.15) is 0 Å². The van der Waals surface area contributed by atoms with Crippen LogP contribution >= 0.6 is 11.6 Å². The number of hydrogen-bond acceptors (Lipinski definition) is 7. The van der Waals surface area contributed by atoms with E-state index < -0.39 is 11.6 Å². The Morgan fingerprint density at radius 1 is 1.10 bits per heavy atom. The highest BCUT2D eigenvalue weighted by atomic mass is 35.5. The van der Waals surface area contributed by atoms with Crippen LogP contribution in [0.5, 0.6) is 11.6 Å². The summed E-state index contributed by atoms with van der Waals surface area (Å²) in [4.78, 5) is 24.5. The number of rotatable bonds is 6. The second-order valence-corrected chi connectivity index (χ2v) is 6.90. The van der Waals surface area contributed by atoms with Gasteiger partial charge in [-0.25, -0.2) is 4.79 Å². The van der Waals surface area contributed by atoms with Gasteiger partial charge < -0.3 is 18.4 Å². The molecule has 0 N–H and O–H groups in total. The van der Waals surface area contributed by atoms with E-state index in [1.807, 2.05) is 0 Å². The summed E-state index contributed by atoms with van der Waals surface area (Å²) >= 11 is 5.90. The molecule has 4 rings (SSSR count). The molecule has 0 aliphatic carbocycles. The second-order valence-electron chi connectivity index (χ2n) is 6.46. The molecule has 0 radical (unpaired) electrons. The summed E-state index contributed by atoms with van der Waals surface area (Å²) in [5.74, 6) is 0.693. The molecule has 7 nitrogen and oxygen atoms in total. The van der Waals surface area contributed by atoms with Crippen molar-refractivity contribution in [2.45, 2.75) is 12.8 Å². The third-order valence-corrected chi connectivity index (χ3v) is 4.67. The van der Waals surface area contributed by atoms with Gasteiger partial charge in [-0.15, -0.1) is 0 Å². The van der Waals surface area contributed by atoms with Crippen LogP contribution in [0, 0.1) is 0 Å². The summed E-state index contributed by atoms with van der Waals surface area (Å²) in [5.41, 5.74) is 0.955. The fraction of sp³-hybridized carbons (Fsp3) is 0.136. The molecular weight excluding hydrogens is 410 g/mol. The van der Waals surface area contributed by atoms with E-state index in [0.29, 0.717) is 45.2 Å². The molecule has 0 bridgehead atoms. The molecule has 152 valence electrons. The number of benzene rings is 2. The van der Waals surface area contributed by atoms with Crippen molar-refractivity contribution in [1.29, 1.82) is 0 Å². The number of ether oxygens (including phenoxy) is 2. The highest BCUT2D eigenvalue weighted by Gasteiger charge is 2.12. The van der Waals surface area contributed by atoms with E-state index in [-0.39, 0.29) is 12.2 Å². The number of carbonyl (C=O) groups excluding carboxylic acids is 1. The molecule has 0 saturated heterocycles. The molecule has 0 aliphatic rings. The van der Waals surface area contributed by atoms with Crippen molar-refractivity contribution in [2.24, 2.45) is 0 Å². The topological polar surface area (TPSA) is 91.8 Å². The lowest BCUT2D eigenvalue weighted by Crippen LogP contribution is -2.09. The summed E-state index contributed by atoms with van der Waals surface area (Å²) < 4.78 is 20.7. The number of carbonyl (C=O) groups is 1. The Morgan fingerprint density at radius 2 is 1.90 bits per heavy atom. The van der Waals surface area contributed by atoms with Crippen LogP contribution in [0.15, 0.2) is 68.3 Å². The first-order valence-corrected chi connectivity index (χ1v) is 9.44. The van der Waals surface area contributed by atoms with E-state index in [1.54, 1.807) is 48.5 Å². The van der Waals surface area contributed by atoms with Crippen molar-refractivity contribution in [2.75, 3.05) is 7.11 Å². The van der Waals surface area contributed by atoms with E-state index in [9.17, 15) is 9.59 Å². The van der Waals surface area contributed by atoms with Crippen molar-refractivity contribution in [3.8, 4) is 22.8 Å². The van der Waals surface area contributed by atoms with Crippen LogP contribution in [0.1, 0.15) is 12.2 Å². The minimum atomic E-state index is -0.493. The minimum Gasteiger partial charge on any atom is -0.479 e. The Morgan fingerprint density at radius 3 is 2.63 bits per heavy atom. The van der Waals surface area contributed by atoms with Crippen LogP contribution < -0.4 is 15.1 Å². The fourth-order valence-corrected chi connectivity index (χ4v) is 3.03. The number of methoxy groups -OCH3 is 1. The number of nitrogens with zero attached hydrogens (tertiary/aromatic N) is 1. The average molecular weight is 426 g/mol. The van der Waals surface area contributed by atoms with Gasteiger partial charge in [-0.3, -0.25) is 4.79 Å². The lowest BCUT2D eigenvalue weighted by Gasteiger charge is -2.06. The second kappa shape index (κ2) is 8.42. The molecule has 0 amide bonds. The maximum absolute atomic E-state index is 12.4. The Bertz CT molecular complexity index is 1260. The van der Waals surface area contributed by atoms with Gasteiger partial charge in [-0.1, -0.05) is 23.7 Å². The maximum Gasteiger partial charge on any atom is 0.344 e. The fourth-order valence-electron chi connectivity index (χ4n) is 2.90. The van der Waals surface area contributed by atoms with Crippen LogP contribution in [0.25, 0.3) is 22.1 Å². The molecule has 0 atom stereocenters. The number of fused-ring (bicyclic) bond motifs is 1. The Labute approximate surface area is 175 Å². The third kappa shape index (κ3) is 4.36. The van der Waals surface area contributed by atoms with Crippen LogP contribution in [-0.2, 0) is 11.2 Å². The number of aryl methyl sites for hydroxylation is 1. The highest BCUT2D eigenvalue weighted by molar-refractivity contribution is 6.30. The number of aromatic nitrogens is 1. The molecule has 2 heterocycles. The molecule has 4 aromatic rings. The van der Waals surface area contributed by atoms with Gasteiger partial charge in [-0.05, 0) is 41.1 Å². The number of hydrogen-bond donors (Lipinski definition) is 0. The molecule has 2 aromatic heterocycles. The van der Waals surface area contributed by atoms with Gasteiger partial charge in [0.15, 0.2) is 0 Å². The molecule has 0 unspecified atom stereocenters. The Balaban J connectivity index is 1.49. The molecule has 2 aromatic carbocycles. The van der Waals surface area contributed by atoms with Crippen LogP contribution in [0.2, 0.25) is 5.02 Å². The SMILES string of the molecule is COc1cc(CCC(=O)Oc2ccc3cc(-c4ccc(Cl)cc4)c(=O)oc3c2)on1. The summed E-state index contributed by atoms with van der Waals surface area (Å²) in [7, 11) is 1.48. The maximum atomic E-state index is 12.4. The molecule has 8 heteroatoms.